The molecule has 0 aromatic carbocycles. The van der Waals surface area contributed by atoms with Gasteiger partial charge in [-0.1, -0.05) is 12.2 Å². The molecule has 0 unspecified atom stereocenters. The average Bonchev–Trinajstić information content (AvgIpc) is 3.14. The van der Waals surface area contributed by atoms with E-state index in [1.54, 1.807) is 13.3 Å². The Morgan fingerprint density at radius 1 is 1.50 bits per heavy atom. The van der Waals surface area contributed by atoms with Crippen molar-refractivity contribution in [3.63, 3.8) is 0 Å². The minimum atomic E-state index is 0. The standard InChI is InChI=1S/C13H20N4O.2ClH/c1-9(14)4-3-5-10-8-15-13(16-11-6-7-11)17-12(10)18-2;;/h3,5,8-9,11H,4,6-7,14H2,1-2H3,(H,15,16,17);2*1H/b5-3+;;/t9-;;/m0../s1. The number of ether oxygens (including phenoxy) is 1. The molecular formula is C13H22Cl2N4O. The van der Waals surface area contributed by atoms with Gasteiger partial charge in [0.15, 0.2) is 0 Å². The van der Waals surface area contributed by atoms with E-state index < -0.39 is 0 Å². The van der Waals surface area contributed by atoms with E-state index in [-0.39, 0.29) is 30.9 Å². The van der Waals surface area contributed by atoms with Gasteiger partial charge >= 0.3 is 0 Å². The minimum absolute atomic E-state index is 0. The maximum Gasteiger partial charge on any atom is 0.226 e. The van der Waals surface area contributed by atoms with Gasteiger partial charge < -0.3 is 15.8 Å². The molecule has 1 aromatic heterocycles. The van der Waals surface area contributed by atoms with Gasteiger partial charge in [0.1, 0.15) is 0 Å². The van der Waals surface area contributed by atoms with Crippen LogP contribution in [0.5, 0.6) is 5.88 Å². The zero-order valence-electron chi connectivity index (χ0n) is 11.7. The second kappa shape index (κ2) is 9.00. The maximum atomic E-state index is 5.69. The fraction of sp³-hybridized carbons (Fsp3) is 0.538. The van der Waals surface area contributed by atoms with Crippen molar-refractivity contribution in [2.24, 2.45) is 5.73 Å². The SMILES string of the molecule is COc1nc(NC2CC2)ncc1/C=C/C[C@H](C)N.Cl.Cl. The first-order valence-electron chi connectivity index (χ1n) is 6.28. The molecule has 0 amide bonds. The van der Waals surface area contributed by atoms with E-state index in [1.165, 1.54) is 12.8 Å². The number of aromatic nitrogens is 2. The van der Waals surface area contributed by atoms with Crippen LogP contribution in [0.1, 0.15) is 31.7 Å². The van der Waals surface area contributed by atoms with Crippen LogP contribution in [0.4, 0.5) is 5.95 Å². The molecule has 0 saturated heterocycles. The van der Waals surface area contributed by atoms with Gasteiger partial charge in [-0.2, -0.15) is 4.98 Å². The minimum Gasteiger partial charge on any atom is -0.480 e. The number of hydrogen-bond donors (Lipinski definition) is 2. The average molecular weight is 321 g/mol. The zero-order chi connectivity index (χ0) is 13.0. The first-order valence-corrected chi connectivity index (χ1v) is 6.28. The van der Waals surface area contributed by atoms with E-state index in [2.05, 4.69) is 15.3 Å². The molecule has 1 heterocycles. The molecule has 0 radical (unpaired) electrons. The third kappa shape index (κ3) is 5.94. The summed E-state index contributed by atoms with van der Waals surface area (Å²) in [6.07, 6.45) is 8.95. The lowest BCUT2D eigenvalue weighted by molar-refractivity contribution is 0.396. The Morgan fingerprint density at radius 2 is 2.20 bits per heavy atom. The van der Waals surface area contributed by atoms with E-state index in [1.807, 2.05) is 19.1 Å². The van der Waals surface area contributed by atoms with Crippen LogP contribution in [-0.2, 0) is 0 Å². The summed E-state index contributed by atoms with van der Waals surface area (Å²) < 4.78 is 5.27. The van der Waals surface area contributed by atoms with Gasteiger partial charge in [0.05, 0.1) is 12.7 Å². The van der Waals surface area contributed by atoms with Crippen LogP contribution >= 0.6 is 24.8 Å². The van der Waals surface area contributed by atoms with E-state index in [4.69, 9.17) is 10.5 Å². The van der Waals surface area contributed by atoms with Crippen molar-refractivity contribution in [3.8, 4) is 5.88 Å². The number of nitrogens with zero attached hydrogens (tertiary/aromatic N) is 2. The Kier molecular flexibility index (Phi) is 8.53. The number of halogens is 2. The molecule has 1 fully saturated rings. The van der Waals surface area contributed by atoms with Crippen LogP contribution in [0.3, 0.4) is 0 Å². The monoisotopic (exact) mass is 320 g/mol. The van der Waals surface area contributed by atoms with Crippen LogP contribution in [0.15, 0.2) is 12.3 Å². The Bertz CT molecular complexity index is 436. The van der Waals surface area contributed by atoms with Gasteiger partial charge in [-0.25, -0.2) is 4.98 Å². The molecule has 0 spiro atoms. The van der Waals surface area contributed by atoms with E-state index in [9.17, 15) is 0 Å². The van der Waals surface area contributed by atoms with Gasteiger partial charge in [0.25, 0.3) is 0 Å². The molecule has 1 saturated carbocycles. The van der Waals surface area contributed by atoms with Gasteiger partial charge in [-0.15, -0.1) is 24.8 Å². The second-order valence-electron chi connectivity index (χ2n) is 4.69. The largest absolute Gasteiger partial charge is 0.480 e. The summed E-state index contributed by atoms with van der Waals surface area (Å²) in [5.74, 6) is 1.23. The van der Waals surface area contributed by atoms with Crippen LogP contribution in [0.2, 0.25) is 0 Å². The molecule has 0 aliphatic heterocycles. The number of nitrogens with one attached hydrogen (secondary N) is 1. The van der Waals surface area contributed by atoms with Crippen molar-refractivity contribution in [2.45, 2.75) is 38.3 Å². The third-order valence-electron chi connectivity index (χ3n) is 2.69. The molecule has 5 nitrogen and oxygen atoms in total. The molecule has 1 aliphatic carbocycles. The molecular weight excluding hydrogens is 299 g/mol. The lowest BCUT2D eigenvalue weighted by atomic mass is 10.2. The summed E-state index contributed by atoms with van der Waals surface area (Å²) >= 11 is 0. The predicted molar refractivity (Wildman–Crippen MR) is 87.0 cm³/mol. The number of rotatable bonds is 6. The van der Waals surface area contributed by atoms with E-state index in [0.717, 1.165) is 12.0 Å². The summed E-state index contributed by atoms with van der Waals surface area (Å²) in [5.41, 5.74) is 6.56. The molecule has 7 heteroatoms. The van der Waals surface area contributed by atoms with Gasteiger partial charge in [0, 0.05) is 18.3 Å². The molecule has 114 valence electrons. The third-order valence-corrected chi connectivity index (χ3v) is 2.69. The van der Waals surface area contributed by atoms with Crippen molar-refractivity contribution in [1.82, 2.24) is 9.97 Å². The number of nitrogens with two attached hydrogens (primary N) is 1. The lowest BCUT2D eigenvalue weighted by Gasteiger charge is -2.07. The highest BCUT2D eigenvalue weighted by Crippen LogP contribution is 2.24. The van der Waals surface area contributed by atoms with E-state index in [0.29, 0.717) is 17.9 Å². The summed E-state index contributed by atoms with van der Waals surface area (Å²) in [6.45, 7) is 1.97. The van der Waals surface area contributed by atoms with Crippen LogP contribution < -0.4 is 15.8 Å². The van der Waals surface area contributed by atoms with Crippen LogP contribution in [0.25, 0.3) is 6.08 Å². The Hall–Kier alpha value is -1.04. The van der Waals surface area contributed by atoms with E-state index >= 15 is 0 Å². The van der Waals surface area contributed by atoms with Gasteiger partial charge in [-0.05, 0) is 26.2 Å². The number of anilines is 1. The normalized spacial score (nSPS) is 15.2. The topological polar surface area (TPSA) is 73.1 Å². The fourth-order valence-corrected chi connectivity index (χ4v) is 1.54. The second-order valence-corrected chi connectivity index (χ2v) is 4.69. The Balaban J connectivity index is 0.00000180. The molecule has 1 atom stereocenters. The number of hydrogen-bond acceptors (Lipinski definition) is 5. The van der Waals surface area contributed by atoms with Crippen molar-refractivity contribution >= 4 is 36.8 Å². The van der Waals surface area contributed by atoms with Crippen molar-refractivity contribution in [1.29, 1.82) is 0 Å². The first-order chi connectivity index (χ1) is 8.69. The lowest BCUT2D eigenvalue weighted by Crippen LogP contribution is -2.12. The summed E-state index contributed by atoms with van der Waals surface area (Å²) in [5, 5.41) is 3.25. The highest BCUT2D eigenvalue weighted by Gasteiger charge is 2.22. The molecule has 1 aliphatic rings. The van der Waals surface area contributed by atoms with Gasteiger partial charge in [0.2, 0.25) is 11.8 Å². The Labute approximate surface area is 132 Å². The molecule has 3 N–H and O–H groups in total. The highest BCUT2D eigenvalue weighted by molar-refractivity contribution is 5.85. The molecule has 20 heavy (non-hydrogen) atoms. The molecule has 0 bridgehead atoms. The smallest absolute Gasteiger partial charge is 0.226 e. The fourth-order valence-electron chi connectivity index (χ4n) is 1.54. The van der Waals surface area contributed by atoms with Gasteiger partial charge in [-0.3, -0.25) is 0 Å². The van der Waals surface area contributed by atoms with Crippen molar-refractivity contribution < 1.29 is 4.74 Å². The Morgan fingerprint density at radius 3 is 2.75 bits per heavy atom. The first kappa shape index (κ1) is 19.0. The molecule has 1 aromatic rings. The molecule has 2 rings (SSSR count). The maximum absolute atomic E-state index is 5.69. The summed E-state index contributed by atoms with van der Waals surface area (Å²) in [4.78, 5) is 8.62. The summed E-state index contributed by atoms with van der Waals surface area (Å²) in [6, 6.07) is 0.693. The van der Waals surface area contributed by atoms with Crippen LogP contribution in [-0.4, -0.2) is 29.2 Å². The zero-order valence-corrected chi connectivity index (χ0v) is 13.3. The van der Waals surface area contributed by atoms with Crippen molar-refractivity contribution in [3.05, 3.63) is 17.8 Å². The summed E-state index contributed by atoms with van der Waals surface area (Å²) in [7, 11) is 1.62. The predicted octanol–water partition coefficient (Wildman–Crippen LogP) is 2.65. The number of methoxy groups -OCH3 is 1. The van der Waals surface area contributed by atoms with Crippen molar-refractivity contribution in [2.75, 3.05) is 12.4 Å². The quantitative estimate of drug-likeness (QED) is 0.843. The van der Waals surface area contributed by atoms with Crippen LogP contribution in [0, 0.1) is 0 Å². The highest BCUT2D eigenvalue weighted by atomic mass is 35.5.